The molecule has 0 aromatic carbocycles. The summed E-state index contributed by atoms with van der Waals surface area (Å²) in [6.07, 6.45) is 0. The van der Waals surface area contributed by atoms with Gasteiger partial charge in [0.15, 0.2) is 0 Å². The summed E-state index contributed by atoms with van der Waals surface area (Å²) in [5.41, 5.74) is 0.297. The summed E-state index contributed by atoms with van der Waals surface area (Å²) in [5, 5.41) is 12.2. The molecule has 7 nitrogen and oxygen atoms in total. The second-order valence-electron chi connectivity index (χ2n) is 3.70. The van der Waals surface area contributed by atoms with E-state index in [0.29, 0.717) is 31.8 Å². The van der Waals surface area contributed by atoms with Crippen molar-refractivity contribution in [2.45, 2.75) is 4.21 Å². The van der Waals surface area contributed by atoms with Crippen molar-refractivity contribution < 1.29 is 17.9 Å². The van der Waals surface area contributed by atoms with Gasteiger partial charge in [-0.15, -0.1) is 11.3 Å². The van der Waals surface area contributed by atoms with Gasteiger partial charge in [-0.05, 0) is 6.07 Å². The molecule has 1 amide bonds. The van der Waals surface area contributed by atoms with E-state index in [-0.39, 0.29) is 10.1 Å². The molecule has 1 aromatic heterocycles. The fourth-order valence-electron chi connectivity index (χ4n) is 1.25. The number of sulfonamides is 1. The molecule has 0 fully saturated rings. The standard InChI is InChI=1S/C10H17N3O4S2/c1-17-5-4-12-2-3-13-10(14)8-6-9(18-7-8)19(11,15)16/h6-7,12H,2-5H2,1H3,(H,13,14)(H2,11,15,16). The molecule has 19 heavy (non-hydrogen) atoms. The Hall–Kier alpha value is -1.00. The van der Waals surface area contributed by atoms with Crippen molar-refractivity contribution in [2.75, 3.05) is 33.4 Å². The van der Waals surface area contributed by atoms with Gasteiger partial charge in [0.1, 0.15) is 4.21 Å². The van der Waals surface area contributed by atoms with Crippen LogP contribution in [0.5, 0.6) is 0 Å². The Balaban J connectivity index is 2.36. The number of carbonyl (C=O) groups is 1. The lowest BCUT2D eigenvalue weighted by atomic mass is 10.3. The van der Waals surface area contributed by atoms with E-state index in [4.69, 9.17) is 9.88 Å². The number of ether oxygens (including phenoxy) is 1. The van der Waals surface area contributed by atoms with Gasteiger partial charge in [0.05, 0.1) is 12.2 Å². The van der Waals surface area contributed by atoms with Crippen molar-refractivity contribution in [1.82, 2.24) is 10.6 Å². The molecule has 0 radical (unpaired) electrons. The first kappa shape index (κ1) is 16.1. The molecule has 1 rings (SSSR count). The van der Waals surface area contributed by atoms with E-state index in [9.17, 15) is 13.2 Å². The number of hydrogen-bond donors (Lipinski definition) is 3. The summed E-state index contributed by atoms with van der Waals surface area (Å²) < 4.78 is 27.0. The third-order valence-corrected chi connectivity index (χ3v) is 4.57. The maximum Gasteiger partial charge on any atom is 0.252 e. The van der Waals surface area contributed by atoms with Crippen LogP contribution in [0.2, 0.25) is 0 Å². The normalized spacial score (nSPS) is 11.5. The second kappa shape index (κ2) is 7.56. The topological polar surface area (TPSA) is 111 Å². The molecule has 9 heteroatoms. The number of hydrogen-bond acceptors (Lipinski definition) is 6. The van der Waals surface area contributed by atoms with Crippen LogP contribution in [0.4, 0.5) is 0 Å². The molecule has 4 N–H and O–H groups in total. The molecule has 0 bridgehead atoms. The van der Waals surface area contributed by atoms with Crippen LogP contribution in [0.25, 0.3) is 0 Å². The monoisotopic (exact) mass is 307 g/mol. The summed E-state index contributed by atoms with van der Waals surface area (Å²) in [6.45, 7) is 2.38. The summed E-state index contributed by atoms with van der Waals surface area (Å²) >= 11 is 0.929. The predicted molar refractivity (Wildman–Crippen MR) is 72.8 cm³/mol. The van der Waals surface area contributed by atoms with Gasteiger partial charge in [0, 0.05) is 32.1 Å². The highest BCUT2D eigenvalue weighted by Crippen LogP contribution is 2.18. The van der Waals surface area contributed by atoms with Crippen LogP contribution in [-0.4, -0.2) is 47.7 Å². The number of rotatable bonds is 8. The van der Waals surface area contributed by atoms with Gasteiger partial charge in [-0.1, -0.05) is 0 Å². The smallest absolute Gasteiger partial charge is 0.252 e. The van der Waals surface area contributed by atoms with Crippen molar-refractivity contribution in [2.24, 2.45) is 5.14 Å². The number of nitrogens with one attached hydrogen (secondary N) is 2. The molecule has 0 unspecified atom stereocenters. The van der Waals surface area contributed by atoms with Gasteiger partial charge in [-0.3, -0.25) is 4.79 Å². The highest BCUT2D eigenvalue weighted by atomic mass is 32.2. The number of carbonyl (C=O) groups excluding carboxylic acids is 1. The summed E-state index contributed by atoms with van der Waals surface area (Å²) in [5.74, 6) is -0.320. The first-order chi connectivity index (χ1) is 8.95. The van der Waals surface area contributed by atoms with Gasteiger partial charge >= 0.3 is 0 Å². The molecule has 0 atom stereocenters. The van der Waals surface area contributed by atoms with E-state index in [1.807, 2.05) is 0 Å². The zero-order valence-corrected chi connectivity index (χ0v) is 12.1. The Morgan fingerprint density at radius 2 is 2.16 bits per heavy atom. The molecule has 1 heterocycles. The highest BCUT2D eigenvalue weighted by Gasteiger charge is 2.14. The molecular formula is C10H17N3O4S2. The Morgan fingerprint density at radius 3 is 2.74 bits per heavy atom. The van der Waals surface area contributed by atoms with Crippen molar-refractivity contribution in [1.29, 1.82) is 0 Å². The average Bonchev–Trinajstić information content (AvgIpc) is 2.82. The molecule has 0 aliphatic rings. The van der Waals surface area contributed by atoms with Crippen LogP contribution >= 0.6 is 11.3 Å². The summed E-state index contributed by atoms with van der Waals surface area (Å²) in [6, 6.07) is 1.27. The lowest BCUT2D eigenvalue weighted by Gasteiger charge is -2.05. The minimum absolute atomic E-state index is 0.0177. The minimum Gasteiger partial charge on any atom is -0.383 e. The third-order valence-electron chi connectivity index (χ3n) is 2.19. The van der Waals surface area contributed by atoms with E-state index < -0.39 is 10.0 Å². The number of methoxy groups -OCH3 is 1. The van der Waals surface area contributed by atoms with Gasteiger partial charge in [-0.2, -0.15) is 0 Å². The Morgan fingerprint density at radius 1 is 1.42 bits per heavy atom. The summed E-state index contributed by atoms with van der Waals surface area (Å²) in [7, 11) is -2.12. The first-order valence-corrected chi connectivity index (χ1v) is 7.97. The predicted octanol–water partition coefficient (Wildman–Crippen LogP) is -0.639. The maximum absolute atomic E-state index is 11.7. The minimum atomic E-state index is -3.74. The fourth-order valence-corrected chi connectivity index (χ4v) is 2.84. The van der Waals surface area contributed by atoms with Crippen molar-refractivity contribution in [3.63, 3.8) is 0 Å². The molecule has 108 valence electrons. The number of nitrogens with two attached hydrogens (primary N) is 1. The highest BCUT2D eigenvalue weighted by molar-refractivity contribution is 7.91. The number of primary sulfonamides is 1. The van der Waals surface area contributed by atoms with Crippen LogP contribution < -0.4 is 15.8 Å². The van der Waals surface area contributed by atoms with E-state index >= 15 is 0 Å². The molecule has 0 saturated carbocycles. The molecule has 1 aromatic rings. The first-order valence-electron chi connectivity index (χ1n) is 5.54. The van der Waals surface area contributed by atoms with Crippen LogP contribution in [0.3, 0.4) is 0 Å². The SMILES string of the molecule is COCCNCCNC(=O)c1csc(S(N)(=O)=O)c1. The molecular weight excluding hydrogens is 290 g/mol. The largest absolute Gasteiger partial charge is 0.383 e. The van der Waals surface area contributed by atoms with Gasteiger partial charge in [0.2, 0.25) is 10.0 Å². The van der Waals surface area contributed by atoms with Crippen LogP contribution in [0.15, 0.2) is 15.7 Å². The Bertz CT molecular complexity index is 513. The maximum atomic E-state index is 11.7. The van der Waals surface area contributed by atoms with E-state index in [0.717, 1.165) is 11.3 Å². The number of thiophene rings is 1. The lowest BCUT2D eigenvalue weighted by molar-refractivity contribution is 0.0954. The molecule has 0 aliphatic heterocycles. The van der Waals surface area contributed by atoms with Crippen molar-refractivity contribution in [3.8, 4) is 0 Å². The van der Waals surface area contributed by atoms with E-state index in [1.165, 1.54) is 11.4 Å². The lowest BCUT2D eigenvalue weighted by Crippen LogP contribution is -2.32. The summed E-state index contributed by atoms with van der Waals surface area (Å²) in [4.78, 5) is 11.7. The fraction of sp³-hybridized carbons (Fsp3) is 0.500. The third kappa shape index (κ3) is 5.66. The van der Waals surface area contributed by atoms with Crippen LogP contribution in [0, 0.1) is 0 Å². The second-order valence-corrected chi connectivity index (χ2v) is 6.40. The van der Waals surface area contributed by atoms with Gasteiger partial charge < -0.3 is 15.4 Å². The zero-order valence-electron chi connectivity index (χ0n) is 10.5. The molecule has 0 aliphatic carbocycles. The van der Waals surface area contributed by atoms with E-state index in [1.54, 1.807) is 7.11 Å². The Labute approximate surface area is 116 Å². The van der Waals surface area contributed by atoms with Crippen LogP contribution in [-0.2, 0) is 14.8 Å². The Kier molecular flexibility index (Phi) is 6.38. The van der Waals surface area contributed by atoms with Gasteiger partial charge in [0.25, 0.3) is 5.91 Å². The van der Waals surface area contributed by atoms with Gasteiger partial charge in [-0.25, -0.2) is 13.6 Å². The van der Waals surface area contributed by atoms with E-state index in [2.05, 4.69) is 10.6 Å². The molecule has 0 spiro atoms. The average molecular weight is 307 g/mol. The number of amides is 1. The molecule has 0 saturated heterocycles. The van der Waals surface area contributed by atoms with Crippen molar-refractivity contribution >= 4 is 27.3 Å². The zero-order chi connectivity index (χ0) is 14.3. The van der Waals surface area contributed by atoms with Crippen LogP contribution in [0.1, 0.15) is 10.4 Å². The quantitative estimate of drug-likeness (QED) is 0.553. The van der Waals surface area contributed by atoms with Crippen molar-refractivity contribution in [3.05, 3.63) is 17.0 Å².